The molecule has 8 heteroatoms. The van der Waals surface area contributed by atoms with Gasteiger partial charge in [-0.1, -0.05) is 46.6 Å². The lowest BCUT2D eigenvalue weighted by molar-refractivity contribution is -0.180. The van der Waals surface area contributed by atoms with E-state index in [1.807, 2.05) is 26.8 Å². The molecule has 0 aliphatic carbocycles. The van der Waals surface area contributed by atoms with E-state index < -0.39 is 35.2 Å². The van der Waals surface area contributed by atoms with Crippen molar-refractivity contribution in [2.24, 2.45) is 5.41 Å². The largest absolute Gasteiger partial charge is 0.508 e. The maximum atomic E-state index is 14.4. The molecule has 2 aliphatic rings. The molecule has 2 heterocycles. The minimum absolute atomic E-state index is 0.0483. The Balaban J connectivity index is 1.81. The molecule has 0 bridgehead atoms. The highest BCUT2D eigenvalue weighted by molar-refractivity contribution is 6.03. The van der Waals surface area contributed by atoms with Gasteiger partial charge in [-0.15, -0.1) is 0 Å². The number of esters is 2. The number of hydrogen-bond donors (Lipinski definition) is 3. The van der Waals surface area contributed by atoms with E-state index in [0.717, 1.165) is 37.3 Å². The van der Waals surface area contributed by atoms with Gasteiger partial charge in [0.25, 0.3) is 0 Å². The van der Waals surface area contributed by atoms with Crippen LogP contribution in [0.15, 0.2) is 94.6 Å². The Morgan fingerprint density at radius 2 is 1.36 bits per heavy atom. The molecule has 2 atom stereocenters. The molecule has 0 unspecified atom stereocenters. The van der Waals surface area contributed by atoms with Gasteiger partial charge in [0.15, 0.2) is 11.4 Å². The summed E-state index contributed by atoms with van der Waals surface area (Å²) in [6, 6.07) is 7.85. The van der Waals surface area contributed by atoms with E-state index in [9.17, 15) is 29.7 Å². The molecule has 0 saturated carbocycles. The minimum Gasteiger partial charge on any atom is -0.508 e. The van der Waals surface area contributed by atoms with Crippen molar-refractivity contribution in [1.29, 1.82) is 0 Å². The normalized spacial score (nSPS) is 20.2. The highest BCUT2D eigenvalue weighted by Gasteiger charge is 2.66. The van der Waals surface area contributed by atoms with Gasteiger partial charge in [-0.3, -0.25) is 9.59 Å². The fourth-order valence-electron chi connectivity index (χ4n) is 6.71. The first-order valence-corrected chi connectivity index (χ1v) is 17.3. The summed E-state index contributed by atoms with van der Waals surface area (Å²) < 4.78 is 12.2. The van der Waals surface area contributed by atoms with Gasteiger partial charge in [-0.2, -0.15) is 0 Å². The molecule has 3 N–H and O–H groups in total. The van der Waals surface area contributed by atoms with Crippen LogP contribution in [0.3, 0.4) is 0 Å². The van der Waals surface area contributed by atoms with Crippen LogP contribution in [-0.4, -0.2) is 33.0 Å². The maximum Gasteiger partial charge on any atom is 0.335 e. The molecule has 2 aromatic carbocycles. The Bertz CT molecular complexity index is 1780. The van der Waals surface area contributed by atoms with Crippen molar-refractivity contribution in [3.8, 4) is 23.0 Å². The summed E-state index contributed by atoms with van der Waals surface area (Å²) in [5.74, 6) is -2.63. The zero-order valence-electron chi connectivity index (χ0n) is 30.1. The highest BCUT2D eigenvalue weighted by Crippen LogP contribution is 2.60. The van der Waals surface area contributed by atoms with Gasteiger partial charge in [-0.25, -0.2) is 4.79 Å². The number of fused-ring (bicyclic) bond motifs is 2. The van der Waals surface area contributed by atoms with E-state index in [1.54, 1.807) is 6.08 Å². The van der Waals surface area contributed by atoms with E-state index in [0.29, 0.717) is 24.8 Å². The fourth-order valence-corrected chi connectivity index (χ4v) is 6.71. The Labute approximate surface area is 295 Å². The lowest BCUT2D eigenvalue weighted by Gasteiger charge is -2.47. The predicted molar refractivity (Wildman–Crippen MR) is 194 cm³/mol. The summed E-state index contributed by atoms with van der Waals surface area (Å²) in [5.41, 5.74) is 1.62. The van der Waals surface area contributed by atoms with Gasteiger partial charge in [0.05, 0.1) is 5.56 Å². The van der Waals surface area contributed by atoms with Crippen molar-refractivity contribution in [3.63, 3.8) is 0 Å². The SMILES string of the molecule is CC(C)=CCC/C(C)=C/CCC1=C[C@@]2(OC1=O)c1cc(O)ccc1OC(=O)[C@]2(CC/C=C(\C)CCC=C(C)C)CC(=O)c1cc(O)ccc1O. The molecular weight excluding hydrogens is 632 g/mol. The standard InChI is InChI=1S/C42H50O8/c1-27(2)11-7-13-29(5)15-9-17-31-25-42(50-39(31)47)35-24-33(44)19-21-38(35)49-40(48)41(42,22-10-16-30(6)14-8-12-28(3)4)26-37(46)34-23-32(43)18-20-36(34)45/h11-12,15-16,18-21,23-25,43-45H,7-10,13-14,17,22,26H2,1-6H3/b29-15+,30-16+/t41-,42+/m0/s1. The number of phenolic OH excluding ortho intramolecular Hbond substituents is 3. The molecule has 266 valence electrons. The van der Waals surface area contributed by atoms with Crippen molar-refractivity contribution in [2.75, 3.05) is 0 Å². The van der Waals surface area contributed by atoms with E-state index >= 15 is 0 Å². The van der Waals surface area contributed by atoms with Crippen molar-refractivity contribution < 1.29 is 39.2 Å². The van der Waals surface area contributed by atoms with Crippen LogP contribution in [0.1, 0.15) is 115 Å². The third-order valence-corrected chi connectivity index (χ3v) is 9.46. The van der Waals surface area contributed by atoms with Gasteiger partial charge in [0.2, 0.25) is 0 Å². The van der Waals surface area contributed by atoms with Gasteiger partial charge in [0.1, 0.15) is 28.4 Å². The first kappa shape index (κ1) is 38.0. The van der Waals surface area contributed by atoms with E-state index in [1.165, 1.54) is 47.1 Å². The average molecular weight is 683 g/mol. The second-order valence-electron chi connectivity index (χ2n) is 14.1. The van der Waals surface area contributed by atoms with Crippen molar-refractivity contribution in [1.82, 2.24) is 0 Å². The molecule has 0 radical (unpaired) electrons. The number of ketones is 1. The molecule has 0 amide bonds. The first-order chi connectivity index (χ1) is 23.7. The van der Waals surface area contributed by atoms with Crippen LogP contribution in [0, 0.1) is 5.41 Å². The van der Waals surface area contributed by atoms with Crippen LogP contribution in [0.25, 0.3) is 0 Å². The summed E-state index contributed by atoms with van der Waals surface area (Å²) in [4.78, 5) is 42.3. The Kier molecular flexibility index (Phi) is 12.3. The number of rotatable bonds is 15. The molecule has 0 fully saturated rings. The highest BCUT2D eigenvalue weighted by atomic mass is 16.6. The fraction of sp³-hybridized carbons (Fsp3) is 0.405. The second kappa shape index (κ2) is 16.2. The number of benzene rings is 2. The zero-order chi connectivity index (χ0) is 36.6. The van der Waals surface area contributed by atoms with Gasteiger partial charge in [-0.05, 0) is 135 Å². The maximum absolute atomic E-state index is 14.4. The Hall–Kier alpha value is -4.85. The monoisotopic (exact) mass is 682 g/mol. The first-order valence-electron chi connectivity index (χ1n) is 17.3. The van der Waals surface area contributed by atoms with Crippen molar-refractivity contribution in [3.05, 3.63) is 106 Å². The zero-order valence-corrected chi connectivity index (χ0v) is 30.1. The smallest absolute Gasteiger partial charge is 0.335 e. The van der Waals surface area contributed by atoms with Crippen LogP contribution in [0.5, 0.6) is 23.0 Å². The minimum atomic E-state index is -1.79. The van der Waals surface area contributed by atoms with Crippen molar-refractivity contribution >= 4 is 17.7 Å². The Morgan fingerprint density at radius 3 is 2.00 bits per heavy atom. The van der Waals surface area contributed by atoms with E-state index in [4.69, 9.17) is 9.47 Å². The summed E-state index contributed by atoms with van der Waals surface area (Å²) in [5, 5.41) is 31.4. The Morgan fingerprint density at radius 1 is 0.760 bits per heavy atom. The molecule has 8 nitrogen and oxygen atoms in total. The third-order valence-electron chi connectivity index (χ3n) is 9.46. The molecule has 2 aromatic rings. The van der Waals surface area contributed by atoms with Crippen molar-refractivity contribution in [2.45, 2.75) is 105 Å². The average Bonchev–Trinajstić information content (AvgIpc) is 3.37. The second-order valence-corrected chi connectivity index (χ2v) is 14.1. The molecule has 0 saturated heterocycles. The topological polar surface area (TPSA) is 130 Å². The van der Waals surface area contributed by atoms with Crippen LogP contribution >= 0.6 is 0 Å². The van der Waals surface area contributed by atoms with Gasteiger partial charge < -0.3 is 24.8 Å². The van der Waals surface area contributed by atoms with Crippen LogP contribution in [0.4, 0.5) is 0 Å². The number of hydrogen-bond acceptors (Lipinski definition) is 8. The molecule has 0 aromatic heterocycles. The lowest BCUT2D eigenvalue weighted by Crippen LogP contribution is -2.56. The summed E-state index contributed by atoms with van der Waals surface area (Å²) >= 11 is 0. The number of ether oxygens (including phenoxy) is 2. The van der Waals surface area contributed by atoms with Gasteiger partial charge in [0, 0.05) is 17.6 Å². The molecule has 50 heavy (non-hydrogen) atoms. The van der Waals surface area contributed by atoms with Crippen LogP contribution in [-0.2, 0) is 19.9 Å². The number of phenols is 3. The quantitative estimate of drug-likeness (QED) is 0.0557. The predicted octanol–water partition coefficient (Wildman–Crippen LogP) is 9.61. The van der Waals surface area contributed by atoms with Gasteiger partial charge >= 0.3 is 11.9 Å². The summed E-state index contributed by atoms with van der Waals surface area (Å²) in [6.07, 6.45) is 14.4. The molecular formula is C42H50O8. The van der Waals surface area contributed by atoms with E-state index in [2.05, 4.69) is 39.0 Å². The number of allylic oxidation sites excluding steroid dienone is 8. The summed E-state index contributed by atoms with van der Waals surface area (Å²) in [6.45, 7) is 12.3. The van der Waals surface area contributed by atoms with Crippen LogP contribution < -0.4 is 4.74 Å². The number of Topliss-reactive ketones (excluding diaryl/α,β-unsaturated/α-hetero) is 1. The molecule has 2 aliphatic heterocycles. The summed E-state index contributed by atoms with van der Waals surface area (Å²) in [7, 11) is 0. The number of aromatic hydroxyl groups is 3. The molecule has 1 spiro atoms. The number of carbonyl (C=O) groups is 3. The van der Waals surface area contributed by atoms with Crippen LogP contribution in [0.2, 0.25) is 0 Å². The lowest BCUT2D eigenvalue weighted by atomic mass is 9.61. The van der Waals surface area contributed by atoms with E-state index in [-0.39, 0.29) is 40.5 Å². The number of carbonyl (C=O) groups excluding carboxylic acids is 3. The third kappa shape index (κ3) is 8.65. The molecule has 4 rings (SSSR count).